The molecule has 0 radical (unpaired) electrons. The Kier molecular flexibility index (Phi) is 5.59. The predicted octanol–water partition coefficient (Wildman–Crippen LogP) is 1.62. The lowest BCUT2D eigenvalue weighted by Crippen LogP contribution is -2.42. The van der Waals surface area contributed by atoms with Gasteiger partial charge in [0, 0.05) is 19.6 Å². The highest BCUT2D eigenvalue weighted by molar-refractivity contribution is 5.74. The molecule has 1 aliphatic carbocycles. The fourth-order valence-electron chi connectivity index (χ4n) is 2.50. The highest BCUT2D eigenvalue weighted by Gasteiger charge is 2.31. The van der Waals surface area contributed by atoms with Crippen molar-refractivity contribution in [2.45, 2.75) is 32.4 Å². The Morgan fingerprint density at radius 1 is 1.43 bits per heavy atom. The van der Waals surface area contributed by atoms with Crippen molar-refractivity contribution in [1.29, 1.82) is 0 Å². The van der Waals surface area contributed by atoms with Gasteiger partial charge in [0.15, 0.2) is 0 Å². The minimum Gasteiger partial charge on any atom is -0.390 e. The van der Waals surface area contributed by atoms with Crippen LogP contribution < -0.4 is 10.6 Å². The summed E-state index contributed by atoms with van der Waals surface area (Å²) in [4.78, 5) is 11.9. The summed E-state index contributed by atoms with van der Waals surface area (Å²) in [5.74, 6) is 0.490. The van der Waals surface area contributed by atoms with Gasteiger partial charge in [-0.3, -0.25) is 0 Å². The third kappa shape index (κ3) is 4.44. The summed E-state index contributed by atoms with van der Waals surface area (Å²) in [6.45, 7) is 5.81. The van der Waals surface area contributed by atoms with E-state index in [2.05, 4.69) is 24.5 Å². The van der Waals surface area contributed by atoms with Crippen molar-refractivity contribution in [3.8, 4) is 0 Å². The standard InChI is InChI=1S/C16H24N2O3/c1-11(2)10-21-8-7-17-16(20)18-15-13-6-4-3-5-12(13)9-14(15)19/h3-6,11,14-15,19H,7-10H2,1-2H3,(H2,17,18,20). The predicted molar refractivity (Wildman–Crippen MR) is 81.1 cm³/mol. The van der Waals surface area contributed by atoms with Crippen molar-refractivity contribution < 1.29 is 14.6 Å². The number of ether oxygens (including phenoxy) is 1. The molecule has 5 heteroatoms. The topological polar surface area (TPSA) is 70.6 Å². The highest BCUT2D eigenvalue weighted by Crippen LogP contribution is 2.30. The summed E-state index contributed by atoms with van der Waals surface area (Å²) in [5.41, 5.74) is 2.09. The Hall–Kier alpha value is -1.59. The van der Waals surface area contributed by atoms with Crippen LogP contribution in [0.2, 0.25) is 0 Å². The molecule has 3 N–H and O–H groups in total. The highest BCUT2D eigenvalue weighted by atomic mass is 16.5. The largest absolute Gasteiger partial charge is 0.390 e. The number of aliphatic hydroxyl groups is 1. The number of benzene rings is 1. The number of hydrogen-bond donors (Lipinski definition) is 3. The Morgan fingerprint density at radius 2 is 2.19 bits per heavy atom. The molecule has 5 nitrogen and oxygen atoms in total. The first-order chi connectivity index (χ1) is 10.1. The fraction of sp³-hybridized carbons (Fsp3) is 0.562. The van der Waals surface area contributed by atoms with Crippen molar-refractivity contribution >= 4 is 6.03 Å². The molecule has 0 spiro atoms. The number of urea groups is 1. The van der Waals surface area contributed by atoms with E-state index in [9.17, 15) is 9.90 Å². The maximum Gasteiger partial charge on any atom is 0.315 e. The second-order valence-corrected chi connectivity index (χ2v) is 5.82. The molecule has 0 bridgehead atoms. The minimum absolute atomic E-state index is 0.274. The van der Waals surface area contributed by atoms with Crippen LogP contribution in [0.4, 0.5) is 4.79 Å². The molecule has 2 unspecified atom stereocenters. The van der Waals surface area contributed by atoms with Gasteiger partial charge in [-0.05, 0) is 17.0 Å². The van der Waals surface area contributed by atoms with Crippen LogP contribution in [0.5, 0.6) is 0 Å². The van der Waals surface area contributed by atoms with Crippen LogP contribution in [-0.2, 0) is 11.2 Å². The van der Waals surface area contributed by atoms with Gasteiger partial charge in [-0.15, -0.1) is 0 Å². The molecule has 2 atom stereocenters. The average molecular weight is 292 g/mol. The van der Waals surface area contributed by atoms with Crippen LogP contribution in [0.25, 0.3) is 0 Å². The van der Waals surface area contributed by atoms with Gasteiger partial charge in [-0.1, -0.05) is 38.1 Å². The number of carbonyl (C=O) groups is 1. The molecule has 0 aromatic heterocycles. The number of rotatable bonds is 6. The number of hydrogen-bond acceptors (Lipinski definition) is 3. The average Bonchev–Trinajstić information content (AvgIpc) is 2.74. The number of aliphatic hydroxyl groups excluding tert-OH is 1. The molecule has 0 heterocycles. The normalized spacial score (nSPS) is 20.4. The Morgan fingerprint density at radius 3 is 2.95 bits per heavy atom. The van der Waals surface area contributed by atoms with Gasteiger partial charge in [-0.2, -0.15) is 0 Å². The zero-order chi connectivity index (χ0) is 15.2. The van der Waals surface area contributed by atoms with Crippen molar-refractivity contribution in [2.75, 3.05) is 19.8 Å². The van der Waals surface area contributed by atoms with E-state index in [1.54, 1.807) is 0 Å². The summed E-state index contributed by atoms with van der Waals surface area (Å²) in [7, 11) is 0. The number of carbonyl (C=O) groups excluding carboxylic acids is 1. The number of nitrogens with one attached hydrogen (secondary N) is 2. The molecule has 0 aliphatic heterocycles. The van der Waals surface area contributed by atoms with Gasteiger partial charge in [-0.25, -0.2) is 4.79 Å². The SMILES string of the molecule is CC(C)COCCNC(=O)NC1c2ccccc2CC1O. The smallest absolute Gasteiger partial charge is 0.315 e. The lowest BCUT2D eigenvalue weighted by Gasteiger charge is -2.18. The van der Waals surface area contributed by atoms with E-state index in [4.69, 9.17) is 4.74 Å². The molecule has 21 heavy (non-hydrogen) atoms. The van der Waals surface area contributed by atoms with Gasteiger partial charge in [0.2, 0.25) is 0 Å². The van der Waals surface area contributed by atoms with Crippen LogP contribution in [-0.4, -0.2) is 37.0 Å². The molecule has 2 amide bonds. The number of fused-ring (bicyclic) bond motifs is 1. The van der Waals surface area contributed by atoms with Gasteiger partial charge in [0.25, 0.3) is 0 Å². The summed E-state index contributed by atoms with van der Waals surface area (Å²) < 4.78 is 5.40. The zero-order valence-corrected chi connectivity index (χ0v) is 12.6. The molecule has 1 aliphatic rings. The Balaban J connectivity index is 1.75. The Bertz CT molecular complexity index is 476. The van der Waals surface area contributed by atoms with Crippen molar-refractivity contribution in [3.63, 3.8) is 0 Å². The van der Waals surface area contributed by atoms with Crippen LogP contribution in [0.1, 0.15) is 31.0 Å². The molecular formula is C16H24N2O3. The summed E-state index contributed by atoms with van der Waals surface area (Å²) >= 11 is 0. The van der Waals surface area contributed by atoms with Crippen molar-refractivity contribution in [2.24, 2.45) is 5.92 Å². The molecule has 0 saturated heterocycles. The van der Waals surface area contributed by atoms with Crippen LogP contribution in [0.3, 0.4) is 0 Å². The van der Waals surface area contributed by atoms with Gasteiger partial charge in [0.05, 0.1) is 18.8 Å². The molecular weight excluding hydrogens is 268 g/mol. The molecule has 1 aromatic carbocycles. The fourth-order valence-corrected chi connectivity index (χ4v) is 2.50. The van der Waals surface area contributed by atoms with Crippen LogP contribution >= 0.6 is 0 Å². The van der Waals surface area contributed by atoms with E-state index in [1.807, 2.05) is 24.3 Å². The molecule has 0 fully saturated rings. The second kappa shape index (κ2) is 7.43. The monoisotopic (exact) mass is 292 g/mol. The first kappa shape index (κ1) is 15.8. The first-order valence-electron chi connectivity index (χ1n) is 7.46. The molecule has 1 aromatic rings. The third-order valence-electron chi connectivity index (χ3n) is 3.47. The van der Waals surface area contributed by atoms with Gasteiger partial charge < -0.3 is 20.5 Å². The van der Waals surface area contributed by atoms with E-state index in [0.29, 0.717) is 32.1 Å². The van der Waals surface area contributed by atoms with E-state index < -0.39 is 6.10 Å². The molecule has 0 saturated carbocycles. The summed E-state index contributed by atoms with van der Waals surface area (Å²) in [6, 6.07) is 7.19. The van der Waals surface area contributed by atoms with Crippen LogP contribution in [0.15, 0.2) is 24.3 Å². The van der Waals surface area contributed by atoms with E-state index in [-0.39, 0.29) is 12.1 Å². The van der Waals surface area contributed by atoms with Crippen molar-refractivity contribution in [3.05, 3.63) is 35.4 Å². The molecule has 2 rings (SSSR count). The lowest BCUT2D eigenvalue weighted by molar-refractivity contribution is 0.111. The lowest BCUT2D eigenvalue weighted by atomic mass is 10.1. The third-order valence-corrected chi connectivity index (χ3v) is 3.47. The quantitative estimate of drug-likeness (QED) is 0.698. The molecule has 116 valence electrons. The second-order valence-electron chi connectivity index (χ2n) is 5.82. The summed E-state index contributed by atoms with van der Waals surface area (Å²) in [5, 5.41) is 15.6. The zero-order valence-electron chi connectivity index (χ0n) is 12.6. The van der Waals surface area contributed by atoms with Gasteiger partial charge >= 0.3 is 6.03 Å². The van der Waals surface area contributed by atoms with Crippen molar-refractivity contribution in [1.82, 2.24) is 10.6 Å². The first-order valence-corrected chi connectivity index (χ1v) is 7.46. The van der Waals surface area contributed by atoms with E-state index in [0.717, 1.165) is 11.1 Å². The minimum atomic E-state index is -0.564. The maximum absolute atomic E-state index is 11.9. The van der Waals surface area contributed by atoms with E-state index >= 15 is 0 Å². The Labute approximate surface area is 125 Å². The maximum atomic E-state index is 11.9. The number of amides is 2. The summed E-state index contributed by atoms with van der Waals surface area (Å²) in [6.07, 6.45) is 0.0175. The van der Waals surface area contributed by atoms with E-state index in [1.165, 1.54) is 0 Å². The van der Waals surface area contributed by atoms with Gasteiger partial charge in [0.1, 0.15) is 0 Å². The van der Waals surface area contributed by atoms with Crippen LogP contribution in [0, 0.1) is 5.92 Å².